The molecular formula is C45H54O22. The zero-order chi connectivity index (χ0) is 49.5. The van der Waals surface area contributed by atoms with Gasteiger partial charge < -0.3 is 66.3 Å². The molecule has 0 aliphatic carbocycles. The highest BCUT2D eigenvalue weighted by Crippen LogP contribution is 2.36. The van der Waals surface area contributed by atoms with Crippen molar-refractivity contribution in [2.24, 2.45) is 0 Å². The minimum atomic E-state index is -1.76. The first kappa shape index (κ1) is 53.0. The van der Waals surface area contributed by atoms with Gasteiger partial charge in [-0.1, -0.05) is 12.1 Å². The molecule has 2 aromatic carbocycles. The van der Waals surface area contributed by atoms with Crippen molar-refractivity contribution in [3.05, 3.63) is 53.6 Å². The highest BCUT2D eigenvalue weighted by Gasteiger charge is 2.57. The molecule has 2 aliphatic heterocycles. The largest absolute Gasteiger partial charge is 0.493 e. The van der Waals surface area contributed by atoms with Gasteiger partial charge in [-0.2, -0.15) is 0 Å². The van der Waals surface area contributed by atoms with Gasteiger partial charge in [0, 0.05) is 54.5 Å². The second-order valence-corrected chi connectivity index (χ2v) is 14.9. The summed E-state index contributed by atoms with van der Waals surface area (Å²) in [5.41, 5.74) is 0.996. The highest BCUT2D eigenvalue weighted by atomic mass is 16.8. The standard InChI is InChI=1S/C45H54O22/c1-22-38(61-26(5)49)40(62-27(6)50)43(64-29(8)52)45(58-22)67-41-39(66-37(53)16-13-30-12-15-33(59-24(3)47)35(20-30)60-25(4)48)36(21-57-23(2)46)65-44(42(41)63-28(7)51)56-18-17-31-11-14-32(54-9)34(19-31)55-10/h11-16,19-20,22,36,38-45H,17-18,21H2,1-10H3. The summed E-state index contributed by atoms with van der Waals surface area (Å²) in [5, 5.41) is 0. The number of esters is 8. The summed E-state index contributed by atoms with van der Waals surface area (Å²) in [4.78, 5) is 99.7. The topological polar surface area (TPSA) is 266 Å². The molecule has 2 aromatic rings. The average Bonchev–Trinajstić information content (AvgIpc) is 3.23. The van der Waals surface area contributed by atoms with E-state index in [4.69, 9.17) is 66.3 Å². The predicted octanol–water partition coefficient (Wildman–Crippen LogP) is 2.88. The summed E-state index contributed by atoms with van der Waals surface area (Å²) in [6.45, 7) is 8.45. The quantitative estimate of drug-likeness (QED) is 0.0848. The van der Waals surface area contributed by atoms with Crippen molar-refractivity contribution in [1.29, 1.82) is 0 Å². The lowest BCUT2D eigenvalue weighted by molar-refractivity contribution is -0.359. The minimum absolute atomic E-state index is 0.0754. The summed E-state index contributed by atoms with van der Waals surface area (Å²) in [6.07, 6.45) is -13.0. The number of carbonyl (C=O) groups excluding carboxylic acids is 8. The molecule has 366 valence electrons. The van der Waals surface area contributed by atoms with Gasteiger partial charge in [-0.15, -0.1) is 0 Å². The van der Waals surface area contributed by atoms with Crippen molar-refractivity contribution in [3.8, 4) is 23.0 Å². The van der Waals surface area contributed by atoms with Gasteiger partial charge in [-0.3, -0.25) is 33.6 Å². The van der Waals surface area contributed by atoms with Crippen LogP contribution in [0.15, 0.2) is 42.5 Å². The Hall–Kier alpha value is -6.62. The fraction of sp³-hybridized carbons (Fsp3) is 0.511. The zero-order valence-corrected chi connectivity index (χ0v) is 38.5. The first-order valence-electron chi connectivity index (χ1n) is 20.7. The maximum Gasteiger partial charge on any atom is 0.331 e. The molecule has 0 N–H and O–H groups in total. The first-order valence-corrected chi connectivity index (χ1v) is 20.7. The summed E-state index contributed by atoms with van der Waals surface area (Å²) in [7, 11) is 2.96. The van der Waals surface area contributed by atoms with Crippen LogP contribution in [0.5, 0.6) is 23.0 Å². The molecule has 0 amide bonds. The summed E-state index contributed by atoms with van der Waals surface area (Å²) >= 11 is 0. The number of methoxy groups -OCH3 is 2. The van der Waals surface area contributed by atoms with E-state index in [1.165, 1.54) is 45.4 Å². The molecule has 0 bridgehead atoms. The van der Waals surface area contributed by atoms with Gasteiger partial charge >= 0.3 is 47.8 Å². The van der Waals surface area contributed by atoms with Crippen molar-refractivity contribution in [2.45, 2.75) is 123 Å². The molecule has 67 heavy (non-hydrogen) atoms. The van der Waals surface area contributed by atoms with Crippen LogP contribution in [0.4, 0.5) is 0 Å². The normalized spacial score (nSPS) is 24.6. The van der Waals surface area contributed by atoms with Crippen LogP contribution in [0.1, 0.15) is 66.5 Å². The van der Waals surface area contributed by atoms with E-state index in [0.717, 1.165) is 60.1 Å². The number of rotatable bonds is 19. The van der Waals surface area contributed by atoms with E-state index in [1.807, 2.05) is 0 Å². The lowest BCUT2D eigenvalue weighted by Crippen LogP contribution is -2.66. The lowest BCUT2D eigenvalue weighted by atomic mass is 9.96. The van der Waals surface area contributed by atoms with Crippen LogP contribution in [0, 0.1) is 0 Å². The molecule has 0 aromatic heterocycles. The predicted molar refractivity (Wildman–Crippen MR) is 224 cm³/mol. The lowest BCUT2D eigenvalue weighted by Gasteiger charge is -2.48. The van der Waals surface area contributed by atoms with Crippen molar-refractivity contribution in [2.75, 3.05) is 27.4 Å². The van der Waals surface area contributed by atoms with Crippen LogP contribution in [0.2, 0.25) is 0 Å². The van der Waals surface area contributed by atoms with Crippen LogP contribution in [-0.2, 0) is 92.1 Å². The van der Waals surface area contributed by atoms with Crippen molar-refractivity contribution >= 4 is 53.8 Å². The third kappa shape index (κ3) is 15.8. The Morgan fingerprint density at radius 1 is 0.552 bits per heavy atom. The third-order valence-electron chi connectivity index (χ3n) is 9.53. The van der Waals surface area contributed by atoms with Gasteiger partial charge in [0.05, 0.1) is 26.9 Å². The number of hydrogen-bond donors (Lipinski definition) is 0. The van der Waals surface area contributed by atoms with E-state index in [-0.39, 0.29) is 30.1 Å². The van der Waals surface area contributed by atoms with E-state index in [2.05, 4.69) is 0 Å². The second-order valence-electron chi connectivity index (χ2n) is 14.9. The molecule has 2 fully saturated rings. The second kappa shape index (κ2) is 24.8. The minimum Gasteiger partial charge on any atom is -0.493 e. The molecule has 10 unspecified atom stereocenters. The van der Waals surface area contributed by atoms with Crippen LogP contribution in [-0.4, -0.2) is 137 Å². The van der Waals surface area contributed by atoms with Crippen molar-refractivity contribution in [1.82, 2.24) is 0 Å². The molecular weight excluding hydrogens is 892 g/mol. The summed E-state index contributed by atoms with van der Waals surface area (Å²) < 4.78 is 79.8. The molecule has 10 atom stereocenters. The van der Waals surface area contributed by atoms with Gasteiger partial charge in [0.2, 0.25) is 0 Å². The molecule has 2 heterocycles. The number of ether oxygens (including phenoxy) is 14. The Kier molecular flexibility index (Phi) is 19.6. The highest BCUT2D eigenvalue weighted by molar-refractivity contribution is 5.87. The number of carbonyl (C=O) groups is 8. The van der Waals surface area contributed by atoms with Gasteiger partial charge in [-0.05, 0) is 54.8 Å². The first-order chi connectivity index (χ1) is 31.7. The maximum atomic E-state index is 13.9. The number of benzene rings is 2. The van der Waals surface area contributed by atoms with E-state index in [0.29, 0.717) is 11.5 Å². The summed E-state index contributed by atoms with van der Waals surface area (Å²) in [6, 6.07) is 9.25. The van der Waals surface area contributed by atoms with Gasteiger partial charge in [-0.25, -0.2) is 4.79 Å². The molecule has 2 aliphatic rings. The SMILES string of the molecule is COc1ccc(CCOC2OC(COC(C)=O)C(OC(=O)C=Cc3ccc(OC(C)=O)c(OC(C)=O)c3)C(OC3OC(C)C(OC(C)=O)C(OC(C)=O)C3OC(C)=O)C2OC(C)=O)cc1OC. The van der Waals surface area contributed by atoms with Gasteiger partial charge in [0.1, 0.15) is 18.8 Å². The maximum absolute atomic E-state index is 13.9. The molecule has 0 saturated carbocycles. The Labute approximate surface area is 385 Å². The molecule has 22 nitrogen and oxygen atoms in total. The molecule has 0 radical (unpaired) electrons. The smallest absolute Gasteiger partial charge is 0.331 e. The van der Waals surface area contributed by atoms with Crippen LogP contribution in [0.3, 0.4) is 0 Å². The Bertz CT molecular complexity index is 2150. The Morgan fingerprint density at radius 2 is 1.12 bits per heavy atom. The van der Waals surface area contributed by atoms with Gasteiger partial charge in [0.15, 0.2) is 66.1 Å². The van der Waals surface area contributed by atoms with E-state index in [1.54, 1.807) is 18.2 Å². The Morgan fingerprint density at radius 3 is 1.70 bits per heavy atom. The monoisotopic (exact) mass is 946 g/mol. The fourth-order valence-electron chi connectivity index (χ4n) is 6.96. The van der Waals surface area contributed by atoms with E-state index in [9.17, 15) is 38.4 Å². The van der Waals surface area contributed by atoms with Crippen LogP contribution in [0.25, 0.3) is 6.08 Å². The van der Waals surface area contributed by atoms with E-state index >= 15 is 0 Å². The average molecular weight is 947 g/mol. The molecule has 2 saturated heterocycles. The van der Waals surface area contributed by atoms with Crippen molar-refractivity contribution < 1.29 is 105 Å². The Balaban J connectivity index is 1.82. The molecule has 0 spiro atoms. The third-order valence-corrected chi connectivity index (χ3v) is 9.53. The summed E-state index contributed by atoms with van der Waals surface area (Å²) in [5.74, 6) is -6.00. The molecule has 22 heteroatoms. The zero-order valence-electron chi connectivity index (χ0n) is 38.5. The van der Waals surface area contributed by atoms with Gasteiger partial charge in [0.25, 0.3) is 0 Å². The van der Waals surface area contributed by atoms with E-state index < -0.39 is 116 Å². The van der Waals surface area contributed by atoms with Crippen LogP contribution < -0.4 is 18.9 Å². The number of hydrogen-bond acceptors (Lipinski definition) is 22. The van der Waals surface area contributed by atoms with Crippen LogP contribution >= 0.6 is 0 Å². The van der Waals surface area contributed by atoms with Crippen molar-refractivity contribution in [3.63, 3.8) is 0 Å². The fourth-order valence-corrected chi connectivity index (χ4v) is 6.96. The molecule has 4 rings (SSSR count).